The number of likely N-dealkylation sites (N-methyl/N-ethyl adjacent to an activating group) is 1. The Morgan fingerprint density at radius 3 is 3.12 bits per heavy atom. The van der Waals surface area contributed by atoms with Crippen LogP contribution in [0.4, 0.5) is 0 Å². The van der Waals surface area contributed by atoms with Crippen LogP contribution >= 0.6 is 23.1 Å². The van der Waals surface area contributed by atoms with Gasteiger partial charge >= 0.3 is 0 Å². The van der Waals surface area contributed by atoms with Gasteiger partial charge in [0.2, 0.25) is 5.91 Å². The summed E-state index contributed by atoms with van der Waals surface area (Å²) in [5.74, 6) is 2.07. The molecule has 1 unspecified atom stereocenters. The molecule has 0 aliphatic carbocycles. The fourth-order valence-electron chi connectivity index (χ4n) is 1.90. The van der Waals surface area contributed by atoms with E-state index in [1.807, 2.05) is 4.90 Å². The number of thioether (sulfide) groups is 1. The Hall–Kier alpha value is -0.520. The highest BCUT2D eigenvalue weighted by atomic mass is 32.2. The van der Waals surface area contributed by atoms with Crippen molar-refractivity contribution in [3.63, 3.8) is 0 Å². The third-order valence-corrected chi connectivity index (χ3v) is 4.79. The highest BCUT2D eigenvalue weighted by Crippen LogP contribution is 2.14. The normalized spacial score (nSPS) is 19.5. The summed E-state index contributed by atoms with van der Waals surface area (Å²) in [5.41, 5.74) is 0. The molecule has 1 atom stereocenters. The Kier molecular flexibility index (Phi) is 4.88. The van der Waals surface area contributed by atoms with Gasteiger partial charge in [-0.15, -0.1) is 23.1 Å². The summed E-state index contributed by atoms with van der Waals surface area (Å²) in [6, 6.07) is 4.23. The Morgan fingerprint density at radius 2 is 2.53 bits per heavy atom. The van der Waals surface area contributed by atoms with E-state index in [4.69, 9.17) is 0 Å². The lowest BCUT2D eigenvalue weighted by Crippen LogP contribution is -2.45. The van der Waals surface area contributed by atoms with E-state index in [-0.39, 0.29) is 11.9 Å². The minimum Gasteiger partial charge on any atom is -0.341 e. The Balaban J connectivity index is 1.85. The largest absolute Gasteiger partial charge is 0.341 e. The maximum atomic E-state index is 12.2. The summed E-state index contributed by atoms with van der Waals surface area (Å²) in [6.45, 7) is 3.68. The van der Waals surface area contributed by atoms with Gasteiger partial charge in [-0.05, 0) is 24.8 Å². The molecule has 1 aromatic rings. The van der Waals surface area contributed by atoms with Crippen molar-refractivity contribution in [2.45, 2.75) is 19.4 Å². The number of rotatable bonds is 5. The zero-order valence-electron chi connectivity index (χ0n) is 10.0. The van der Waals surface area contributed by atoms with Crippen LogP contribution in [0.1, 0.15) is 11.8 Å². The van der Waals surface area contributed by atoms with Crippen LogP contribution in [0, 0.1) is 0 Å². The van der Waals surface area contributed by atoms with Crippen molar-refractivity contribution in [1.29, 1.82) is 0 Å². The second-order valence-corrected chi connectivity index (χ2v) is 6.08. The molecular weight excluding hydrogens is 252 g/mol. The number of hydrogen-bond donors (Lipinski definition) is 1. The molecule has 1 N–H and O–H groups in total. The van der Waals surface area contributed by atoms with Gasteiger partial charge in [-0.25, -0.2) is 0 Å². The van der Waals surface area contributed by atoms with Crippen LogP contribution in [0.2, 0.25) is 0 Å². The van der Waals surface area contributed by atoms with Gasteiger partial charge in [-0.3, -0.25) is 10.1 Å². The maximum Gasteiger partial charge on any atom is 0.240 e. The molecule has 1 aliphatic rings. The van der Waals surface area contributed by atoms with E-state index in [9.17, 15) is 4.79 Å². The van der Waals surface area contributed by atoms with Crippen molar-refractivity contribution >= 4 is 29.0 Å². The van der Waals surface area contributed by atoms with Gasteiger partial charge in [-0.2, -0.15) is 0 Å². The summed E-state index contributed by atoms with van der Waals surface area (Å²) >= 11 is 3.56. The first-order valence-corrected chi connectivity index (χ1v) is 7.97. The molecule has 3 nitrogen and oxygen atoms in total. The van der Waals surface area contributed by atoms with Crippen LogP contribution in [-0.2, 0) is 11.2 Å². The van der Waals surface area contributed by atoms with Crippen LogP contribution in [0.5, 0.6) is 0 Å². The quantitative estimate of drug-likeness (QED) is 0.885. The van der Waals surface area contributed by atoms with Crippen LogP contribution in [0.15, 0.2) is 17.5 Å². The van der Waals surface area contributed by atoms with E-state index in [2.05, 4.69) is 29.8 Å². The number of amides is 1. The molecule has 1 aromatic heterocycles. The fraction of sp³-hybridized carbons (Fsp3) is 0.583. The first-order chi connectivity index (χ1) is 8.31. The number of hydrogen-bond acceptors (Lipinski definition) is 4. The molecule has 0 saturated carbocycles. The molecule has 2 rings (SSSR count). The average Bonchev–Trinajstić information content (AvgIpc) is 3.02. The molecule has 1 aliphatic heterocycles. The van der Waals surface area contributed by atoms with Crippen molar-refractivity contribution in [2.24, 2.45) is 0 Å². The third kappa shape index (κ3) is 3.47. The van der Waals surface area contributed by atoms with Crippen molar-refractivity contribution in [1.82, 2.24) is 10.2 Å². The summed E-state index contributed by atoms with van der Waals surface area (Å²) in [5, 5.41) is 5.32. The summed E-state index contributed by atoms with van der Waals surface area (Å²) in [4.78, 5) is 15.5. The molecule has 2 heterocycles. The van der Waals surface area contributed by atoms with Crippen molar-refractivity contribution < 1.29 is 4.79 Å². The Bertz CT molecular complexity index is 347. The fourth-order valence-corrected chi connectivity index (χ4v) is 3.53. The van der Waals surface area contributed by atoms with Gasteiger partial charge in [-0.1, -0.05) is 6.07 Å². The lowest BCUT2D eigenvalue weighted by atomic mass is 10.2. The van der Waals surface area contributed by atoms with E-state index < -0.39 is 0 Å². The molecule has 0 radical (unpaired) electrons. The average molecular weight is 270 g/mol. The van der Waals surface area contributed by atoms with Gasteiger partial charge in [0.15, 0.2) is 0 Å². The highest BCUT2D eigenvalue weighted by molar-refractivity contribution is 7.99. The van der Waals surface area contributed by atoms with Gasteiger partial charge < -0.3 is 4.90 Å². The molecule has 0 spiro atoms. The first-order valence-electron chi connectivity index (χ1n) is 5.93. The molecule has 17 heavy (non-hydrogen) atoms. The van der Waals surface area contributed by atoms with Crippen molar-refractivity contribution in [2.75, 3.05) is 24.7 Å². The lowest BCUT2D eigenvalue weighted by Gasteiger charge is -2.23. The summed E-state index contributed by atoms with van der Waals surface area (Å²) in [7, 11) is 0. The second-order valence-electron chi connectivity index (χ2n) is 4.02. The number of nitrogens with zero attached hydrogens (tertiary/aromatic N) is 1. The lowest BCUT2D eigenvalue weighted by molar-refractivity contribution is -0.132. The highest BCUT2D eigenvalue weighted by Gasteiger charge is 2.26. The number of carbonyl (C=O) groups is 1. The van der Waals surface area contributed by atoms with E-state index in [1.165, 1.54) is 4.88 Å². The molecule has 5 heteroatoms. The second kappa shape index (κ2) is 6.42. The van der Waals surface area contributed by atoms with E-state index in [1.54, 1.807) is 23.1 Å². The number of nitrogens with one attached hydrogen (secondary N) is 1. The first kappa shape index (κ1) is 12.9. The number of carbonyl (C=O) groups excluding carboxylic acids is 1. The molecule has 1 fully saturated rings. The van der Waals surface area contributed by atoms with Crippen molar-refractivity contribution in [3.05, 3.63) is 22.4 Å². The third-order valence-electron chi connectivity index (χ3n) is 2.92. The predicted molar refractivity (Wildman–Crippen MR) is 74.5 cm³/mol. The molecule has 1 saturated heterocycles. The topological polar surface area (TPSA) is 32.3 Å². The summed E-state index contributed by atoms with van der Waals surface area (Å²) in [6.07, 6.45) is 0.969. The van der Waals surface area contributed by atoms with E-state index in [0.717, 1.165) is 31.1 Å². The van der Waals surface area contributed by atoms with Crippen LogP contribution in [0.25, 0.3) is 0 Å². The van der Waals surface area contributed by atoms with Crippen molar-refractivity contribution in [3.8, 4) is 0 Å². The van der Waals surface area contributed by atoms with Crippen LogP contribution in [0.3, 0.4) is 0 Å². The van der Waals surface area contributed by atoms with Crippen LogP contribution in [-0.4, -0.2) is 41.6 Å². The maximum absolute atomic E-state index is 12.2. The molecule has 0 bridgehead atoms. The molecular formula is C12H18N2OS2. The standard InChI is InChI=1S/C12H18N2OS2/c1-2-14(6-5-10-4-3-7-17-10)12(15)11-8-16-9-13-11/h3-4,7,11,13H,2,5-6,8-9H2,1H3. The van der Waals surface area contributed by atoms with E-state index >= 15 is 0 Å². The Morgan fingerprint density at radius 1 is 1.65 bits per heavy atom. The molecule has 1 amide bonds. The number of thiophene rings is 1. The van der Waals surface area contributed by atoms with E-state index in [0.29, 0.717) is 0 Å². The van der Waals surface area contributed by atoms with Gasteiger partial charge in [0, 0.05) is 29.6 Å². The van der Waals surface area contributed by atoms with Gasteiger partial charge in [0.1, 0.15) is 0 Å². The zero-order valence-corrected chi connectivity index (χ0v) is 11.6. The minimum absolute atomic E-state index is 0.0308. The van der Waals surface area contributed by atoms with Gasteiger partial charge in [0.05, 0.1) is 6.04 Å². The molecule has 94 valence electrons. The van der Waals surface area contributed by atoms with Crippen LogP contribution < -0.4 is 5.32 Å². The SMILES string of the molecule is CCN(CCc1cccs1)C(=O)C1CSCN1. The smallest absolute Gasteiger partial charge is 0.240 e. The monoisotopic (exact) mass is 270 g/mol. The molecule has 0 aromatic carbocycles. The van der Waals surface area contributed by atoms with Gasteiger partial charge in [0.25, 0.3) is 0 Å². The summed E-state index contributed by atoms with van der Waals surface area (Å²) < 4.78 is 0. The predicted octanol–water partition coefficient (Wildman–Crippen LogP) is 1.80. The minimum atomic E-state index is 0.0308. The zero-order chi connectivity index (χ0) is 12.1. The Labute approximate surface area is 111 Å².